The number of nitrogens with two attached hydrogens (primary N) is 1. The van der Waals surface area contributed by atoms with Crippen LogP contribution >= 0.6 is 0 Å². The number of aromatic nitrogens is 4. The monoisotopic (exact) mass is 431 g/mol. The summed E-state index contributed by atoms with van der Waals surface area (Å²) in [6.45, 7) is 0.590. The van der Waals surface area contributed by atoms with Gasteiger partial charge in [-0.15, -0.1) is 0 Å². The topological polar surface area (TPSA) is 145 Å². The highest BCUT2D eigenvalue weighted by atomic mass is 16.5. The first kappa shape index (κ1) is 19.9. The van der Waals surface area contributed by atoms with Crippen molar-refractivity contribution in [3.8, 4) is 23.0 Å². The number of anilines is 1. The highest BCUT2D eigenvalue weighted by molar-refractivity contribution is 5.92. The van der Waals surface area contributed by atoms with Gasteiger partial charge in [0.15, 0.2) is 5.82 Å². The zero-order chi connectivity index (χ0) is 22.1. The highest BCUT2D eigenvalue weighted by Crippen LogP contribution is 2.38. The molecule has 3 heterocycles. The molecule has 5 rings (SSSR count). The van der Waals surface area contributed by atoms with Crippen molar-refractivity contribution in [1.82, 2.24) is 25.3 Å². The molecule has 1 aromatic carbocycles. The van der Waals surface area contributed by atoms with Crippen molar-refractivity contribution in [2.75, 3.05) is 11.9 Å². The van der Waals surface area contributed by atoms with Crippen LogP contribution < -0.4 is 21.1 Å². The van der Waals surface area contributed by atoms with Crippen molar-refractivity contribution in [1.29, 1.82) is 0 Å². The van der Waals surface area contributed by atoms with Gasteiger partial charge < -0.3 is 21.1 Å². The maximum Gasteiger partial charge on any atom is 0.267 e. The summed E-state index contributed by atoms with van der Waals surface area (Å²) in [4.78, 5) is 41.0. The minimum absolute atomic E-state index is 0.0576. The Labute approximate surface area is 183 Å². The lowest BCUT2D eigenvalue weighted by Crippen LogP contribution is -2.30. The minimum atomic E-state index is -0.680. The van der Waals surface area contributed by atoms with Crippen molar-refractivity contribution in [3.05, 3.63) is 54.1 Å². The van der Waals surface area contributed by atoms with Crippen LogP contribution in [-0.2, 0) is 4.79 Å². The van der Waals surface area contributed by atoms with Crippen LogP contribution in [-0.4, -0.2) is 44.3 Å². The molecule has 0 spiro atoms. The van der Waals surface area contributed by atoms with E-state index in [0.717, 1.165) is 5.69 Å². The molecule has 2 aromatic heterocycles. The van der Waals surface area contributed by atoms with Gasteiger partial charge in [0.2, 0.25) is 11.8 Å². The van der Waals surface area contributed by atoms with Crippen LogP contribution in [0.5, 0.6) is 11.6 Å². The van der Waals surface area contributed by atoms with Gasteiger partial charge in [0.1, 0.15) is 23.3 Å². The van der Waals surface area contributed by atoms with Gasteiger partial charge in [0.05, 0.1) is 18.1 Å². The van der Waals surface area contributed by atoms with Crippen LogP contribution in [0.25, 0.3) is 11.4 Å². The molecule has 1 unspecified atom stereocenters. The standard InChI is InChI=1S/C22H21N7O3/c23-20(30)16-9-18(27-15-7-8-24-22(15)31)29-21(28-16)13-3-5-14(6-4-13)32-19-11-25-17(10-26-19)12-1-2-12/h3-6,9-12,15H,1-2,7-8H2,(H2,23,30)(H,24,31)(H,27,28,29). The Hall–Kier alpha value is -4.08. The molecule has 1 aliphatic carbocycles. The molecule has 1 saturated carbocycles. The Morgan fingerprint density at radius 2 is 1.91 bits per heavy atom. The highest BCUT2D eigenvalue weighted by Gasteiger charge is 2.26. The number of carbonyl (C=O) groups excluding carboxylic acids is 2. The number of benzene rings is 1. The van der Waals surface area contributed by atoms with E-state index < -0.39 is 11.9 Å². The number of nitrogens with zero attached hydrogens (tertiary/aromatic N) is 4. The fraction of sp³-hybridized carbons (Fsp3) is 0.273. The molecule has 32 heavy (non-hydrogen) atoms. The lowest BCUT2D eigenvalue weighted by Gasteiger charge is -2.13. The number of hydrogen-bond donors (Lipinski definition) is 3. The molecule has 2 aliphatic rings. The third-order valence-electron chi connectivity index (χ3n) is 5.33. The van der Waals surface area contributed by atoms with Gasteiger partial charge in [0.25, 0.3) is 5.91 Å². The van der Waals surface area contributed by atoms with Crippen molar-refractivity contribution in [2.45, 2.75) is 31.2 Å². The van der Waals surface area contributed by atoms with Crippen LogP contribution in [0.3, 0.4) is 0 Å². The van der Waals surface area contributed by atoms with E-state index in [1.54, 1.807) is 36.7 Å². The summed E-state index contributed by atoms with van der Waals surface area (Å²) in [6, 6.07) is 8.08. The fourth-order valence-electron chi connectivity index (χ4n) is 3.45. The fourth-order valence-corrected chi connectivity index (χ4v) is 3.45. The maximum atomic E-state index is 11.9. The van der Waals surface area contributed by atoms with Crippen LogP contribution in [0.15, 0.2) is 42.7 Å². The summed E-state index contributed by atoms with van der Waals surface area (Å²) >= 11 is 0. The third kappa shape index (κ3) is 4.34. The van der Waals surface area contributed by atoms with Crippen LogP contribution in [0.4, 0.5) is 5.82 Å². The van der Waals surface area contributed by atoms with Crippen LogP contribution in [0, 0.1) is 0 Å². The predicted molar refractivity (Wildman–Crippen MR) is 115 cm³/mol. The number of nitrogens with one attached hydrogen (secondary N) is 2. The number of rotatable bonds is 7. The molecule has 4 N–H and O–H groups in total. The van der Waals surface area contributed by atoms with Crippen LogP contribution in [0.1, 0.15) is 41.4 Å². The lowest BCUT2D eigenvalue weighted by atomic mass is 10.2. The summed E-state index contributed by atoms with van der Waals surface area (Å²) in [7, 11) is 0. The van der Waals surface area contributed by atoms with Crippen molar-refractivity contribution < 1.29 is 14.3 Å². The largest absolute Gasteiger partial charge is 0.438 e. The van der Waals surface area contributed by atoms with E-state index in [9.17, 15) is 9.59 Å². The predicted octanol–water partition coefficient (Wildman–Crippen LogP) is 2.00. The first-order valence-electron chi connectivity index (χ1n) is 10.4. The Morgan fingerprint density at radius 1 is 1.09 bits per heavy atom. The van der Waals surface area contributed by atoms with Gasteiger partial charge in [-0.05, 0) is 43.5 Å². The zero-order valence-electron chi connectivity index (χ0n) is 17.1. The molecule has 162 valence electrons. The molecular weight excluding hydrogens is 410 g/mol. The summed E-state index contributed by atoms with van der Waals surface area (Å²) in [5.41, 5.74) is 7.16. The second kappa shape index (κ2) is 8.22. The number of ether oxygens (including phenoxy) is 1. The molecule has 2 fully saturated rings. The molecule has 3 aromatic rings. The Balaban J connectivity index is 1.35. The minimum Gasteiger partial charge on any atom is -0.438 e. The van der Waals surface area contributed by atoms with E-state index in [1.165, 1.54) is 18.9 Å². The van der Waals surface area contributed by atoms with Gasteiger partial charge in [-0.3, -0.25) is 14.6 Å². The smallest absolute Gasteiger partial charge is 0.267 e. The first-order valence-corrected chi connectivity index (χ1v) is 10.4. The van der Waals surface area contributed by atoms with E-state index in [2.05, 4.69) is 30.6 Å². The molecule has 1 saturated heterocycles. The quantitative estimate of drug-likeness (QED) is 0.515. The molecular formula is C22H21N7O3. The lowest BCUT2D eigenvalue weighted by molar-refractivity contribution is -0.119. The van der Waals surface area contributed by atoms with Gasteiger partial charge >= 0.3 is 0 Å². The molecule has 2 amide bonds. The van der Waals surface area contributed by atoms with Gasteiger partial charge in [0, 0.05) is 24.1 Å². The van der Waals surface area contributed by atoms with Gasteiger partial charge in [-0.2, -0.15) is 0 Å². The van der Waals surface area contributed by atoms with E-state index in [0.29, 0.717) is 47.7 Å². The van der Waals surface area contributed by atoms with E-state index in [1.807, 2.05) is 0 Å². The van der Waals surface area contributed by atoms with E-state index in [4.69, 9.17) is 10.5 Å². The third-order valence-corrected chi connectivity index (χ3v) is 5.33. The number of amides is 2. The van der Waals surface area contributed by atoms with Crippen molar-refractivity contribution in [3.63, 3.8) is 0 Å². The van der Waals surface area contributed by atoms with Gasteiger partial charge in [-0.1, -0.05) is 0 Å². The Morgan fingerprint density at radius 3 is 2.53 bits per heavy atom. The van der Waals surface area contributed by atoms with E-state index >= 15 is 0 Å². The summed E-state index contributed by atoms with van der Waals surface area (Å²) in [6.07, 6.45) is 6.34. The number of primary amides is 1. The maximum absolute atomic E-state index is 11.9. The zero-order valence-corrected chi connectivity index (χ0v) is 17.1. The summed E-state index contributed by atoms with van der Waals surface area (Å²) < 4.78 is 5.77. The summed E-state index contributed by atoms with van der Waals surface area (Å²) in [5.74, 6) is 1.40. The molecule has 0 bridgehead atoms. The van der Waals surface area contributed by atoms with Crippen molar-refractivity contribution >= 4 is 17.6 Å². The second-order valence-corrected chi connectivity index (χ2v) is 7.78. The molecule has 0 radical (unpaired) electrons. The summed E-state index contributed by atoms with van der Waals surface area (Å²) in [5, 5.41) is 5.80. The average molecular weight is 431 g/mol. The second-order valence-electron chi connectivity index (χ2n) is 7.78. The number of carbonyl (C=O) groups is 2. The first-order chi connectivity index (χ1) is 15.5. The van der Waals surface area contributed by atoms with Crippen molar-refractivity contribution in [2.24, 2.45) is 5.73 Å². The Kier molecular flexibility index (Phi) is 5.10. The normalized spacial score (nSPS) is 17.6. The molecule has 1 aliphatic heterocycles. The molecule has 1 atom stereocenters. The van der Waals surface area contributed by atoms with Gasteiger partial charge in [-0.25, -0.2) is 15.0 Å². The molecule has 10 nitrogen and oxygen atoms in total. The molecule has 10 heteroatoms. The van der Waals surface area contributed by atoms with E-state index in [-0.39, 0.29) is 11.6 Å². The SMILES string of the molecule is NC(=O)c1cc(NC2CCNC2=O)nc(-c2ccc(Oc3cnc(C4CC4)cn3)cc2)n1. The number of hydrogen-bond acceptors (Lipinski definition) is 8. The average Bonchev–Trinajstić information content (AvgIpc) is 3.58. The Bertz CT molecular complexity index is 1160. The van der Waals surface area contributed by atoms with Crippen LogP contribution in [0.2, 0.25) is 0 Å².